The van der Waals surface area contributed by atoms with E-state index in [9.17, 15) is 5.11 Å². The van der Waals surface area contributed by atoms with Crippen LogP contribution in [0.15, 0.2) is 0 Å². The van der Waals surface area contributed by atoms with Crippen molar-refractivity contribution in [3.63, 3.8) is 0 Å². The van der Waals surface area contributed by atoms with Gasteiger partial charge in [0.15, 0.2) is 0 Å². The molecule has 0 spiro atoms. The maximum atomic E-state index is 11.5. The largest absolute Gasteiger partial charge is 0.389 e. The Bertz CT molecular complexity index is 263. The average Bonchev–Trinajstić information content (AvgIpc) is 2.66. The van der Waals surface area contributed by atoms with Crippen molar-refractivity contribution in [3.05, 3.63) is 0 Å². The summed E-state index contributed by atoms with van der Waals surface area (Å²) in [5.41, 5.74) is -0.328. The lowest BCUT2D eigenvalue weighted by molar-refractivity contribution is -0.138. The van der Waals surface area contributed by atoms with E-state index in [1.54, 1.807) is 0 Å². The number of aliphatic hydroxyl groups is 1. The molecule has 1 N–H and O–H groups in total. The molecule has 0 aromatic heterocycles. The van der Waals surface area contributed by atoms with Crippen molar-refractivity contribution in [2.45, 2.75) is 90.6 Å². The molecule has 18 heavy (non-hydrogen) atoms. The van der Waals surface area contributed by atoms with Crippen LogP contribution in [0.4, 0.5) is 0 Å². The van der Waals surface area contributed by atoms with E-state index in [1.807, 2.05) is 0 Å². The lowest BCUT2D eigenvalue weighted by Crippen LogP contribution is -2.52. The Morgan fingerprint density at radius 2 is 1.39 bits per heavy atom. The molecule has 0 aromatic rings. The molecule has 0 amide bonds. The average molecular weight is 252 g/mol. The van der Waals surface area contributed by atoms with Crippen LogP contribution in [0, 0.1) is 17.3 Å². The van der Waals surface area contributed by atoms with Gasteiger partial charge in [-0.1, -0.05) is 65.7 Å². The van der Waals surface area contributed by atoms with Gasteiger partial charge in [0.25, 0.3) is 0 Å². The molecule has 2 rings (SSSR count). The minimum atomic E-state index is -0.409. The first-order valence-electron chi connectivity index (χ1n) is 8.21. The third-order valence-corrected chi connectivity index (χ3v) is 6.32. The van der Waals surface area contributed by atoms with Gasteiger partial charge in [0.1, 0.15) is 0 Å². The van der Waals surface area contributed by atoms with Crippen molar-refractivity contribution in [3.8, 4) is 0 Å². The fourth-order valence-electron chi connectivity index (χ4n) is 4.44. The quantitative estimate of drug-likeness (QED) is 0.656. The molecule has 0 heterocycles. The van der Waals surface area contributed by atoms with Crippen LogP contribution in [-0.2, 0) is 0 Å². The van der Waals surface area contributed by atoms with E-state index in [-0.39, 0.29) is 5.41 Å². The van der Waals surface area contributed by atoms with E-state index >= 15 is 0 Å². The van der Waals surface area contributed by atoms with Crippen LogP contribution >= 0.6 is 0 Å². The maximum Gasteiger partial charge on any atom is 0.0728 e. The SMILES string of the molecule is CC1CCCCC(O)(C2CCCCCC2)C1(C)C. The van der Waals surface area contributed by atoms with Crippen molar-refractivity contribution in [1.82, 2.24) is 0 Å². The Morgan fingerprint density at radius 1 is 0.833 bits per heavy atom. The molecule has 2 aliphatic rings. The first-order chi connectivity index (χ1) is 8.48. The number of hydrogen-bond acceptors (Lipinski definition) is 1. The van der Waals surface area contributed by atoms with Crippen LogP contribution in [0.3, 0.4) is 0 Å². The summed E-state index contributed by atoms with van der Waals surface area (Å²) in [6.07, 6.45) is 12.8. The van der Waals surface area contributed by atoms with Crippen LogP contribution in [0.2, 0.25) is 0 Å². The molecule has 0 bridgehead atoms. The monoisotopic (exact) mass is 252 g/mol. The summed E-state index contributed by atoms with van der Waals surface area (Å²) in [6, 6.07) is 0. The smallest absolute Gasteiger partial charge is 0.0728 e. The molecule has 0 aromatic carbocycles. The summed E-state index contributed by atoms with van der Waals surface area (Å²) < 4.78 is 0. The fraction of sp³-hybridized carbons (Fsp3) is 1.00. The van der Waals surface area contributed by atoms with Gasteiger partial charge in [-0.25, -0.2) is 0 Å². The van der Waals surface area contributed by atoms with Crippen molar-refractivity contribution < 1.29 is 5.11 Å². The van der Waals surface area contributed by atoms with Crippen LogP contribution in [0.5, 0.6) is 0 Å². The molecule has 1 heteroatoms. The van der Waals surface area contributed by atoms with Crippen LogP contribution in [0.25, 0.3) is 0 Å². The van der Waals surface area contributed by atoms with Gasteiger partial charge < -0.3 is 5.11 Å². The molecule has 0 aliphatic heterocycles. The van der Waals surface area contributed by atoms with Gasteiger partial charge in [0.05, 0.1) is 5.60 Å². The predicted octanol–water partition coefficient (Wildman–Crippen LogP) is 4.92. The Labute approximate surface area is 113 Å². The summed E-state index contributed by atoms with van der Waals surface area (Å²) in [6.45, 7) is 7.01. The highest BCUT2D eigenvalue weighted by atomic mass is 16.3. The van der Waals surface area contributed by atoms with Gasteiger partial charge in [0.2, 0.25) is 0 Å². The standard InChI is InChI=1S/C17H32O/c1-14-10-8-9-13-17(18,16(14,2)3)15-11-6-4-5-7-12-15/h14-15,18H,4-13H2,1-3H3. The highest BCUT2D eigenvalue weighted by molar-refractivity contribution is 5.02. The zero-order valence-corrected chi connectivity index (χ0v) is 12.7. The van der Waals surface area contributed by atoms with Gasteiger partial charge in [-0.3, -0.25) is 0 Å². The van der Waals surface area contributed by atoms with Crippen LogP contribution in [0.1, 0.15) is 85.0 Å². The first kappa shape index (κ1) is 14.4. The summed E-state index contributed by atoms with van der Waals surface area (Å²) >= 11 is 0. The van der Waals surface area contributed by atoms with Gasteiger partial charge >= 0.3 is 0 Å². The van der Waals surface area contributed by atoms with Crippen LogP contribution in [-0.4, -0.2) is 10.7 Å². The Kier molecular flexibility index (Phi) is 4.41. The normalized spacial score (nSPS) is 39.0. The molecule has 2 fully saturated rings. The van der Waals surface area contributed by atoms with E-state index in [4.69, 9.17) is 0 Å². The van der Waals surface area contributed by atoms with Crippen molar-refractivity contribution in [1.29, 1.82) is 0 Å². The maximum absolute atomic E-state index is 11.5. The lowest BCUT2D eigenvalue weighted by atomic mass is 9.59. The van der Waals surface area contributed by atoms with Crippen molar-refractivity contribution in [2.24, 2.45) is 17.3 Å². The topological polar surface area (TPSA) is 20.2 Å². The summed E-state index contributed by atoms with van der Waals surface area (Å²) in [4.78, 5) is 0. The predicted molar refractivity (Wildman–Crippen MR) is 77.6 cm³/mol. The van der Waals surface area contributed by atoms with Crippen molar-refractivity contribution >= 4 is 0 Å². The van der Waals surface area contributed by atoms with Gasteiger partial charge in [-0.2, -0.15) is 0 Å². The first-order valence-corrected chi connectivity index (χ1v) is 8.21. The molecule has 106 valence electrons. The molecular formula is C17H32O. The summed E-state index contributed by atoms with van der Waals surface area (Å²) in [7, 11) is 0. The zero-order chi connectivity index (χ0) is 13.2. The van der Waals surface area contributed by atoms with Crippen LogP contribution < -0.4 is 0 Å². The highest BCUT2D eigenvalue weighted by Crippen LogP contribution is 2.52. The number of hydrogen-bond donors (Lipinski definition) is 1. The Morgan fingerprint density at radius 3 is 2.00 bits per heavy atom. The van der Waals surface area contributed by atoms with Gasteiger partial charge in [-0.05, 0) is 36.5 Å². The zero-order valence-electron chi connectivity index (χ0n) is 12.7. The highest BCUT2D eigenvalue weighted by Gasteiger charge is 2.51. The second-order valence-electron chi connectivity index (χ2n) is 7.48. The fourth-order valence-corrected chi connectivity index (χ4v) is 4.44. The molecule has 0 saturated heterocycles. The van der Waals surface area contributed by atoms with Crippen molar-refractivity contribution in [2.75, 3.05) is 0 Å². The molecule has 0 radical (unpaired) electrons. The van der Waals surface area contributed by atoms with E-state index < -0.39 is 5.60 Å². The molecule has 2 saturated carbocycles. The Balaban J connectivity index is 2.23. The third-order valence-electron chi connectivity index (χ3n) is 6.32. The third kappa shape index (κ3) is 2.48. The molecule has 2 aliphatic carbocycles. The summed E-state index contributed by atoms with van der Waals surface area (Å²) in [5, 5.41) is 11.5. The summed E-state index contributed by atoms with van der Waals surface area (Å²) in [5.74, 6) is 1.20. The lowest BCUT2D eigenvalue weighted by Gasteiger charge is -2.50. The minimum Gasteiger partial charge on any atom is -0.389 e. The molecular weight excluding hydrogens is 220 g/mol. The Hall–Kier alpha value is -0.0400. The van der Waals surface area contributed by atoms with Gasteiger partial charge in [0, 0.05) is 0 Å². The number of rotatable bonds is 1. The molecule has 1 nitrogen and oxygen atoms in total. The minimum absolute atomic E-state index is 0.0819. The van der Waals surface area contributed by atoms with E-state index in [0.29, 0.717) is 11.8 Å². The van der Waals surface area contributed by atoms with E-state index in [1.165, 1.54) is 57.8 Å². The van der Waals surface area contributed by atoms with Gasteiger partial charge in [-0.15, -0.1) is 0 Å². The van der Waals surface area contributed by atoms with E-state index in [2.05, 4.69) is 20.8 Å². The molecule has 2 atom stereocenters. The second-order valence-corrected chi connectivity index (χ2v) is 7.48. The van der Waals surface area contributed by atoms with E-state index in [0.717, 1.165) is 6.42 Å². The molecule has 2 unspecified atom stereocenters. The second kappa shape index (κ2) is 5.53.